The first-order chi connectivity index (χ1) is 10.0. The number of H-pyrrole nitrogens is 1. The Kier molecular flexibility index (Phi) is 3.42. The Morgan fingerprint density at radius 2 is 2.05 bits per heavy atom. The van der Waals surface area contributed by atoms with Crippen molar-refractivity contribution in [2.45, 2.75) is 29.8 Å². The van der Waals surface area contributed by atoms with Crippen molar-refractivity contribution in [1.29, 1.82) is 0 Å². The number of hydrogen-bond acceptors (Lipinski definition) is 5. The third-order valence-electron chi connectivity index (χ3n) is 3.19. The Hall–Kier alpha value is -2.28. The lowest BCUT2D eigenvalue weighted by molar-refractivity contribution is -0.116. The highest BCUT2D eigenvalue weighted by molar-refractivity contribution is 7.99. The summed E-state index contributed by atoms with van der Waals surface area (Å²) in [6.45, 7) is 1.76. The molecule has 0 atom stereocenters. The highest BCUT2D eigenvalue weighted by atomic mass is 32.2. The van der Waals surface area contributed by atoms with Gasteiger partial charge in [0.05, 0.1) is 0 Å². The maximum absolute atomic E-state index is 11.5. The fraction of sp³-hybridized carbons (Fsp3) is 0.214. The third-order valence-corrected chi connectivity index (χ3v) is 4.15. The Morgan fingerprint density at radius 3 is 2.81 bits per heavy atom. The number of nitrogen functional groups attached to an aromatic ring is 1. The van der Waals surface area contributed by atoms with E-state index in [1.165, 1.54) is 17.8 Å². The number of nitrogens with one attached hydrogen (secondary N) is 2. The standard InChI is InChI=1S/C14H14N4O2S/c1-7-4-13(20)18-14(16-7)21-11-6-10-8(5-9(11)15)2-3-12(19)17-10/h4-6H,2-3,15H2,1H3,(H,17,19)(H,16,18,20). The van der Waals surface area contributed by atoms with Gasteiger partial charge in [-0.05, 0) is 42.8 Å². The summed E-state index contributed by atoms with van der Waals surface area (Å²) in [6, 6.07) is 5.13. The number of aromatic nitrogens is 2. The van der Waals surface area contributed by atoms with Crippen molar-refractivity contribution in [1.82, 2.24) is 9.97 Å². The molecule has 1 amide bonds. The number of nitrogens with zero attached hydrogens (tertiary/aromatic N) is 1. The monoisotopic (exact) mass is 302 g/mol. The van der Waals surface area contributed by atoms with Crippen LogP contribution in [0, 0.1) is 6.92 Å². The molecule has 0 saturated carbocycles. The van der Waals surface area contributed by atoms with Crippen molar-refractivity contribution in [2.24, 2.45) is 0 Å². The molecule has 7 heteroatoms. The number of benzene rings is 1. The number of carbonyl (C=O) groups excluding carboxylic acids is 1. The average molecular weight is 302 g/mol. The van der Waals surface area contributed by atoms with E-state index in [4.69, 9.17) is 5.73 Å². The number of anilines is 2. The van der Waals surface area contributed by atoms with Gasteiger partial charge in [-0.1, -0.05) is 0 Å². The zero-order chi connectivity index (χ0) is 15.0. The van der Waals surface area contributed by atoms with Gasteiger partial charge in [-0.2, -0.15) is 0 Å². The summed E-state index contributed by atoms with van der Waals surface area (Å²) in [5.74, 6) is 0.00492. The van der Waals surface area contributed by atoms with Crippen LogP contribution in [0.5, 0.6) is 0 Å². The van der Waals surface area contributed by atoms with Gasteiger partial charge in [0.1, 0.15) is 0 Å². The minimum atomic E-state index is -0.199. The summed E-state index contributed by atoms with van der Waals surface area (Å²) in [6.07, 6.45) is 1.17. The average Bonchev–Trinajstić information content (AvgIpc) is 2.39. The number of carbonyl (C=O) groups is 1. The van der Waals surface area contributed by atoms with Crippen LogP contribution in [-0.4, -0.2) is 15.9 Å². The van der Waals surface area contributed by atoms with E-state index in [-0.39, 0.29) is 11.5 Å². The zero-order valence-electron chi connectivity index (χ0n) is 11.4. The molecule has 0 fully saturated rings. The van der Waals surface area contributed by atoms with Gasteiger partial charge in [-0.15, -0.1) is 0 Å². The summed E-state index contributed by atoms with van der Waals surface area (Å²) >= 11 is 1.27. The van der Waals surface area contributed by atoms with Crippen molar-refractivity contribution in [3.63, 3.8) is 0 Å². The predicted octanol–water partition coefficient (Wildman–Crippen LogP) is 1.70. The first-order valence-electron chi connectivity index (χ1n) is 6.49. The molecule has 1 aromatic carbocycles. The molecule has 6 nitrogen and oxygen atoms in total. The van der Waals surface area contributed by atoms with Crippen molar-refractivity contribution in [3.05, 3.63) is 39.8 Å². The SMILES string of the molecule is Cc1cc(=O)[nH]c(Sc2cc3c(cc2N)CCC(=O)N3)n1. The molecule has 4 N–H and O–H groups in total. The van der Waals surface area contributed by atoms with E-state index in [9.17, 15) is 9.59 Å². The molecule has 2 heterocycles. The number of hydrogen-bond donors (Lipinski definition) is 3. The van der Waals surface area contributed by atoms with Gasteiger partial charge >= 0.3 is 0 Å². The lowest BCUT2D eigenvalue weighted by Crippen LogP contribution is -2.19. The molecule has 2 aromatic rings. The second-order valence-corrected chi connectivity index (χ2v) is 5.92. The maximum atomic E-state index is 11.5. The van der Waals surface area contributed by atoms with Gasteiger partial charge in [-0.3, -0.25) is 9.59 Å². The minimum Gasteiger partial charge on any atom is -0.398 e. The summed E-state index contributed by atoms with van der Waals surface area (Å²) in [5.41, 5.74) is 8.91. The lowest BCUT2D eigenvalue weighted by atomic mass is 10.0. The van der Waals surface area contributed by atoms with Crippen LogP contribution in [0.1, 0.15) is 17.7 Å². The molecular formula is C14H14N4O2S. The first kappa shape index (κ1) is 13.7. The first-order valence-corrected chi connectivity index (χ1v) is 7.31. The minimum absolute atomic E-state index is 0.00492. The van der Waals surface area contributed by atoms with Crippen LogP contribution in [0.3, 0.4) is 0 Å². The second-order valence-electron chi connectivity index (χ2n) is 4.89. The second kappa shape index (κ2) is 5.25. The highest BCUT2D eigenvalue weighted by Crippen LogP contribution is 2.35. The third kappa shape index (κ3) is 2.92. The molecule has 1 aromatic heterocycles. The molecule has 0 bridgehead atoms. The molecule has 3 rings (SSSR count). The Morgan fingerprint density at radius 1 is 1.24 bits per heavy atom. The zero-order valence-corrected chi connectivity index (χ0v) is 12.2. The Balaban J connectivity index is 1.97. The van der Waals surface area contributed by atoms with E-state index in [1.807, 2.05) is 12.1 Å². The molecule has 21 heavy (non-hydrogen) atoms. The molecule has 1 aliphatic rings. The Bertz CT molecular complexity index is 785. The van der Waals surface area contributed by atoms with Crippen LogP contribution in [0.25, 0.3) is 0 Å². The molecule has 0 aliphatic carbocycles. The van der Waals surface area contributed by atoms with Gasteiger partial charge < -0.3 is 16.0 Å². The molecule has 0 saturated heterocycles. The lowest BCUT2D eigenvalue weighted by Gasteiger charge is -2.18. The summed E-state index contributed by atoms with van der Waals surface area (Å²) in [4.78, 5) is 30.6. The smallest absolute Gasteiger partial charge is 0.251 e. The summed E-state index contributed by atoms with van der Waals surface area (Å²) in [7, 11) is 0. The van der Waals surface area contributed by atoms with E-state index in [2.05, 4.69) is 15.3 Å². The van der Waals surface area contributed by atoms with Crippen molar-refractivity contribution in [3.8, 4) is 0 Å². The van der Waals surface area contributed by atoms with E-state index >= 15 is 0 Å². The van der Waals surface area contributed by atoms with Gasteiger partial charge in [0, 0.05) is 34.5 Å². The maximum Gasteiger partial charge on any atom is 0.251 e. The molecule has 0 unspecified atom stereocenters. The van der Waals surface area contributed by atoms with Crippen LogP contribution in [0.15, 0.2) is 33.0 Å². The molecule has 0 radical (unpaired) electrons. The number of aryl methyl sites for hydroxylation is 2. The van der Waals surface area contributed by atoms with Gasteiger partial charge in [0.15, 0.2) is 5.16 Å². The molecule has 1 aliphatic heterocycles. The van der Waals surface area contributed by atoms with Gasteiger partial charge in [0.25, 0.3) is 5.56 Å². The van der Waals surface area contributed by atoms with Crippen molar-refractivity contribution in [2.75, 3.05) is 11.1 Å². The quantitative estimate of drug-likeness (QED) is 0.579. The fourth-order valence-electron chi connectivity index (χ4n) is 2.22. The van der Waals surface area contributed by atoms with Crippen LogP contribution in [0.4, 0.5) is 11.4 Å². The molecule has 0 spiro atoms. The fourth-order valence-corrected chi connectivity index (χ4v) is 3.12. The summed E-state index contributed by atoms with van der Waals surface area (Å²) < 4.78 is 0. The largest absolute Gasteiger partial charge is 0.398 e. The van der Waals surface area contributed by atoms with E-state index in [0.717, 1.165) is 16.1 Å². The summed E-state index contributed by atoms with van der Waals surface area (Å²) in [5, 5.41) is 3.32. The van der Waals surface area contributed by atoms with Gasteiger partial charge in [-0.25, -0.2) is 4.98 Å². The van der Waals surface area contributed by atoms with E-state index in [1.54, 1.807) is 6.92 Å². The number of amides is 1. The van der Waals surface area contributed by atoms with E-state index in [0.29, 0.717) is 29.4 Å². The topological polar surface area (TPSA) is 101 Å². The predicted molar refractivity (Wildman–Crippen MR) is 81.5 cm³/mol. The van der Waals surface area contributed by atoms with Crippen LogP contribution < -0.4 is 16.6 Å². The molecular weight excluding hydrogens is 288 g/mol. The molecule has 108 valence electrons. The van der Waals surface area contributed by atoms with Crippen molar-refractivity contribution >= 4 is 29.0 Å². The number of fused-ring (bicyclic) bond motifs is 1. The van der Waals surface area contributed by atoms with E-state index < -0.39 is 0 Å². The highest BCUT2D eigenvalue weighted by Gasteiger charge is 2.17. The van der Waals surface area contributed by atoms with Crippen LogP contribution in [0.2, 0.25) is 0 Å². The number of nitrogens with two attached hydrogens (primary N) is 1. The Labute approximate surface area is 125 Å². The normalized spacial score (nSPS) is 13.7. The van der Waals surface area contributed by atoms with Crippen LogP contribution >= 0.6 is 11.8 Å². The van der Waals surface area contributed by atoms with Crippen molar-refractivity contribution < 1.29 is 4.79 Å². The van der Waals surface area contributed by atoms with Gasteiger partial charge in [0.2, 0.25) is 5.91 Å². The van der Waals surface area contributed by atoms with Crippen LogP contribution in [-0.2, 0) is 11.2 Å². The number of rotatable bonds is 2. The number of aromatic amines is 1.